The molecule has 200 valence electrons. The molecule has 2 atom stereocenters. The van der Waals surface area contributed by atoms with Crippen molar-refractivity contribution in [3.8, 4) is 17.0 Å². The Labute approximate surface area is 235 Å². The molecular formula is C25H23ClF2IN5O4. The second-order valence-corrected chi connectivity index (χ2v) is 10.7. The number of carbonyl (C=O) groups is 1. The highest BCUT2D eigenvalue weighted by atomic mass is 127. The van der Waals surface area contributed by atoms with Gasteiger partial charge in [-0.25, -0.2) is 14.8 Å². The maximum Gasteiger partial charge on any atom is 0.329 e. The lowest BCUT2D eigenvalue weighted by Crippen LogP contribution is -2.48. The molecule has 5 rings (SSSR count). The molecule has 9 nitrogen and oxygen atoms in total. The van der Waals surface area contributed by atoms with E-state index in [1.165, 1.54) is 30.5 Å². The van der Waals surface area contributed by atoms with Crippen molar-refractivity contribution in [2.75, 3.05) is 41.4 Å². The van der Waals surface area contributed by atoms with E-state index in [-0.39, 0.29) is 24.0 Å². The van der Waals surface area contributed by atoms with Gasteiger partial charge in [0.1, 0.15) is 24.3 Å². The summed E-state index contributed by atoms with van der Waals surface area (Å²) in [7, 11) is 0. The third kappa shape index (κ3) is 5.48. The van der Waals surface area contributed by atoms with Crippen molar-refractivity contribution in [3.05, 3.63) is 59.2 Å². The number of ether oxygens (including phenoxy) is 1. The number of aliphatic hydroxyl groups excluding tert-OH is 2. The Bertz CT molecular complexity index is 1360. The van der Waals surface area contributed by atoms with Gasteiger partial charge in [-0.3, -0.25) is 10.2 Å². The summed E-state index contributed by atoms with van der Waals surface area (Å²) in [5, 5.41) is 21.5. The van der Waals surface area contributed by atoms with E-state index in [0.717, 1.165) is 22.6 Å². The van der Waals surface area contributed by atoms with E-state index in [2.05, 4.69) is 15.2 Å². The minimum Gasteiger partial charge on any atom is -0.491 e. The Morgan fingerprint density at radius 1 is 1.32 bits per heavy atom. The third-order valence-electron chi connectivity index (χ3n) is 6.34. The number of amides is 2. The average molecular weight is 658 g/mol. The van der Waals surface area contributed by atoms with Crippen LogP contribution >= 0.6 is 34.2 Å². The molecule has 1 aromatic carbocycles. The Morgan fingerprint density at radius 2 is 2.13 bits per heavy atom. The number of hydrogen-bond acceptors (Lipinski definition) is 7. The van der Waals surface area contributed by atoms with E-state index in [1.807, 2.05) is 0 Å². The molecule has 0 spiro atoms. The zero-order valence-electron chi connectivity index (χ0n) is 19.8. The minimum atomic E-state index is -3.06. The number of nitrogens with zero attached hydrogens (tertiary/aromatic N) is 4. The third-order valence-corrected chi connectivity index (χ3v) is 7.25. The molecule has 13 heteroatoms. The summed E-state index contributed by atoms with van der Waals surface area (Å²) in [6.45, 7) is 0.753. The van der Waals surface area contributed by atoms with Crippen molar-refractivity contribution < 1.29 is 28.5 Å². The normalized spacial score (nSPS) is 17.3. The number of halogens is 4. The summed E-state index contributed by atoms with van der Waals surface area (Å²) < 4.78 is 30.3. The van der Waals surface area contributed by atoms with Crippen LogP contribution in [0.4, 0.5) is 30.9 Å². The number of aromatic nitrogens is 2. The number of rotatable bonds is 7. The molecule has 0 unspecified atom stereocenters. The van der Waals surface area contributed by atoms with Crippen LogP contribution in [0.15, 0.2) is 48.7 Å². The van der Waals surface area contributed by atoms with Crippen LogP contribution < -0.4 is 19.9 Å². The number of alkyl halides is 3. The number of fused-ring (bicyclic) bond motifs is 4. The van der Waals surface area contributed by atoms with Crippen molar-refractivity contribution in [2.45, 2.75) is 22.5 Å². The maximum absolute atomic E-state index is 14.0. The Balaban J connectivity index is 1.46. The van der Waals surface area contributed by atoms with Crippen LogP contribution in [0.5, 0.6) is 5.75 Å². The fourth-order valence-electron chi connectivity index (χ4n) is 4.52. The number of nitrogens with one attached hydrogen (secondary N) is 1. The SMILES string of the molecule is O=C(Nc1cc(OC[C@@H](O)CO)ccn1)N1c2nc(-c3cccc(C(F)(F)I)c3)c(Cl)cc2N2CC[C@H]1C2. The molecule has 0 radical (unpaired) electrons. The van der Waals surface area contributed by atoms with Gasteiger partial charge in [0.15, 0.2) is 5.82 Å². The zero-order chi connectivity index (χ0) is 27.0. The van der Waals surface area contributed by atoms with E-state index in [1.54, 1.807) is 23.1 Å². The van der Waals surface area contributed by atoms with Gasteiger partial charge in [-0.1, -0.05) is 29.8 Å². The summed E-state index contributed by atoms with van der Waals surface area (Å²) in [6.07, 6.45) is 1.12. The highest BCUT2D eigenvalue weighted by Crippen LogP contribution is 2.44. The molecule has 3 aromatic rings. The van der Waals surface area contributed by atoms with Crippen LogP contribution in [0.1, 0.15) is 12.0 Å². The average Bonchev–Trinajstić information content (AvgIpc) is 3.31. The molecule has 2 aliphatic heterocycles. The van der Waals surface area contributed by atoms with Gasteiger partial charge >= 0.3 is 9.96 Å². The lowest BCUT2D eigenvalue weighted by Gasteiger charge is -2.36. The molecule has 3 N–H and O–H groups in total. The second kappa shape index (κ2) is 10.8. The van der Waals surface area contributed by atoms with Crippen molar-refractivity contribution in [1.82, 2.24) is 9.97 Å². The first-order valence-corrected chi connectivity index (χ1v) is 13.2. The summed E-state index contributed by atoms with van der Waals surface area (Å²) in [5.74, 6) is 0.952. The van der Waals surface area contributed by atoms with Gasteiger partial charge in [-0.15, -0.1) is 0 Å². The smallest absolute Gasteiger partial charge is 0.329 e. The molecule has 2 aliphatic rings. The largest absolute Gasteiger partial charge is 0.491 e. The van der Waals surface area contributed by atoms with Gasteiger partial charge in [-0.05, 0) is 24.6 Å². The van der Waals surface area contributed by atoms with Crippen LogP contribution in [0.3, 0.4) is 0 Å². The predicted molar refractivity (Wildman–Crippen MR) is 148 cm³/mol. The first kappa shape index (κ1) is 26.8. The molecule has 1 saturated heterocycles. The molecule has 38 heavy (non-hydrogen) atoms. The molecule has 2 amide bonds. The summed E-state index contributed by atoms with van der Waals surface area (Å²) in [4.78, 5) is 26.1. The Kier molecular flexibility index (Phi) is 7.58. The monoisotopic (exact) mass is 657 g/mol. The number of anilines is 3. The second-order valence-electron chi connectivity index (χ2n) is 8.95. The lowest BCUT2D eigenvalue weighted by atomic mass is 10.1. The van der Waals surface area contributed by atoms with E-state index in [0.29, 0.717) is 53.0 Å². The van der Waals surface area contributed by atoms with Crippen molar-refractivity contribution >= 4 is 57.5 Å². The van der Waals surface area contributed by atoms with Crippen molar-refractivity contribution in [1.29, 1.82) is 0 Å². The number of hydrogen-bond donors (Lipinski definition) is 3. The molecule has 2 aromatic heterocycles. The van der Waals surface area contributed by atoms with Crippen molar-refractivity contribution in [2.24, 2.45) is 0 Å². The molecule has 1 fully saturated rings. The first-order valence-electron chi connectivity index (χ1n) is 11.7. The van der Waals surface area contributed by atoms with Crippen LogP contribution in [0.25, 0.3) is 11.3 Å². The van der Waals surface area contributed by atoms with Crippen LogP contribution in [0, 0.1) is 0 Å². The molecular weight excluding hydrogens is 635 g/mol. The highest BCUT2D eigenvalue weighted by molar-refractivity contribution is 14.1. The predicted octanol–water partition coefficient (Wildman–Crippen LogP) is 4.64. The van der Waals surface area contributed by atoms with E-state index < -0.39 is 22.7 Å². The molecule has 0 saturated carbocycles. The number of benzene rings is 1. The van der Waals surface area contributed by atoms with Gasteiger partial charge in [0.2, 0.25) is 0 Å². The standard InChI is InChI=1S/C25H23ClF2IN5O4/c26-19-10-20-23(32-22(19)14-2-1-3-15(8-14)25(27,28)29)34(16-5-7-33(20)11-16)24(37)31-21-9-18(4-6-30-21)38-13-17(36)12-35/h1-4,6,8-10,16-17,35-36H,5,7,11-13H2,(H,30,31,37)/t16-,17-/m0/s1. The van der Waals surface area contributed by atoms with Crippen LogP contribution in [0.2, 0.25) is 5.02 Å². The van der Waals surface area contributed by atoms with Gasteiger partial charge in [-0.2, -0.15) is 8.78 Å². The highest BCUT2D eigenvalue weighted by Gasteiger charge is 2.41. The summed E-state index contributed by atoms with van der Waals surface area (Å²) >= 11 is 7.66. The number of pyridine rings is 2. The van der Waals surface area contributed by atoms with Gasteiger partial charge in [0.05, 0.1) is 29.1 Å². The maximum atomic E-state index is 14.0. The van der Waals surface area contributed by atoms with Crippen LogP contribution in [-0.4, -0.2) is 64.7 Å². The van der Waals surface area contributed by atoms with E-state index >= 15 is 0 Å². The number of urea groups is 1. The first-order chi connectivity index (χ1) is 18.1. The minimum absolute atomic E-state index is 0.122. The summed E-state index contributed by atoms with van der Waals surface area (Å²) in [6, 6.07) is 10.0. The number of aliphatic hydroxyl groups is 2. The fraction of sp³-hybridized carbons (Fsp3) is 0.320. The summed E-state index contributed by atoms with van der Waals surface area (Å²) in [5.41, 5.74) is 1.21. The molecule has 0 aliphatic carbocycles. The Morgan fingerprint density at radius 3 is 2.89 bits per heavy atom. The van der Waals surface area contributed by atoms with Crippen LogP contribution in [-0.2, 0) is 3.93 Å². The lowest BCUT2D eigenvalue weighted by molar-refractivity contribution is 0.0536. The van der Waals surface area contributed by atoms with E-state index in [4.69, 9.17) is 26.4 Å². The fourth-order valence-corrected chi connectivity index (χ4v) is 5.11. The van der Waals surface area contributed by atoms with Gasteiger partial charge in [0.25, 0.3) is 0 Å². The Hall–Kier alpha value is -2.81. The van der Waals surface area contributed by atoms with Gasteiger partial charge in [0, 0.05) is 59.1 Å². The van der Waals surface area contributed by atoms with Crippen molar-refractivity contribution in [3.63, 3.8) is 0 Å². The number of carbonyl (C=O) groups excluding carboxylic acids is 1. The van der Waals surface area contributed by atoms with E-state index in [9.17, 15) is 18.7 Å². The molecule has 2 bridgehead atoms. The molecule has 4 heterocycles. The zero-order valence-corrected chi connectivity index (χ0v) is 22.7. The van der Waals surface area contributed by atoms with Gasteiger partial charge < -0.3 is 19.8 Å². The quantitative estimate of drug-likeness (QED) is 0.251. The topological polar surface area (TPSA) is 111 Å².